The predicted octanol–water partition coefficient (Wildman–Crippen LogP) is 2.36. The molecule has 176 valence electrons. The summed E-state index contributed by atoms with van der Waals surface area (Å²) in [6, 6.07) is 4.78. The number of unbranched alkanes of at least 4 members (excludes halogenated alkanes) is 1. The highest BCUT2D eigenvalue weighted by Crippen LogP contribution is 2.25. The molecule has 2 unspecified atom stereocenters. The Morgan fingerprint density at radius 3 is 2.47 bits per heavy atom. The van der Waals surface area contributed by atoms with Crippen LogP contribution in [-0.4, -0.2) is 59.3 Å². The standard InChI is InChI=1S/C24H35N3O5/c1-7-9-14-25-21(29)20(19-13-11-10-12-18(19)8-2)27(15-16-28)22(30)17(3)26-23(31)32-24(4,5)6/h2,10-13,17,20,28H,7,9,14-16H2,1,3-6H3,(H,25,29)(H,26,31). The molecule has 0 bridgehead atoms. The topological polar surface area (TPSA) is 108 Å². The molecule has 8 heteroatoms. The van der Waals surface area contributed by atoms with Gasteiger partial charge < -0.3 is 25.4 Å². The summed E-state index contributed by atoms with van der Waals surface area (Å²) in [5, 5.41) is 15.0. The second-order valence-electron chi connectivity index (χ2n) is 8.40. The Hall–Kier alpha value is -3.05. The minimum atomic E-state index is -1.07. The van der Waals surface area contributed by atoms with Gasteiger partial charge in [-0.15, -0.1) is 6.42 Å². The number of benzene rings is 1. The van der Waals surface area contributed by atoms with Crippen molar-refractivity contribution >= 4 is 17.9 Å². The van der Waals surface area contributed by atoms with E-state index in [0.29, 0.717) is 17.7 Å². The number of alkyl carbamates (subject to hydrolysis) is 1. The van der Waals surface area contributed by atoms with Gasteiger partial charge in [0.1, 0.15) is 17.7 Å². The van der Waals surface area contributed by atoms with Gasteiger partial charge in [0.2, 0.25) is 11.8 Å². The normalized spacial score (nSPS) is 12.8. The fourth-order valence-corrected chi connectivity index (χ4v) is 3.07. The molecule has 8 nitrogen and oxygen atoms in total. The second-order valence-corrected chi connectivity index (χ2v) is 8.40. The van der Waals surface area contributed by atoms with Crippen LogP contribution in [-0.2, 0) is 14.3 Å². The molecular formula is C24H35N3O5. The Balaban J connectivity index is 3.28. The molecule has 1 aromatic carbocycles. The van der Waals surface area contributed by atoms with Gasteiger partial charge in [-0.05, 0) is 45.7 Å². The van der Waals surface area contributed by atoms with Gasteiger partial charge in [0.05, 0.1) is 6.61 Å². The van der Waals surface area contributed by atoms with Gasteiger partial charge >= 0.3 is 6.09 Å². The highest BCUT2D eigenvalue weighted by molar-refractivity contribution is 5.92. The van der Waals surface area contributed by atoms with Crippen molar-refractivity contribution in [1.29, 1.82) is 0 Å². The zero-order valence-electron chi connectivity index (χ0n) is 19.6. The number of ether oxygens (including phenoxy) is 1. The lowest BCUT2D eigenvalue weighted by Crippen LogP contribution is -2.52. The fourth-order valence-electron chi connectivity index (χ4n) is 3.07. The first kappa shape index (κ1) is 27.0. The smallest absolute Gasteiger partial charge is 0.408 e. The number of rotatable bonds is 10. The van der Waals surface area contributed by atoms with Crippen LogP contribution in [0.25, 0.3) is 0 Å². The maximum absolute atomic E-state index is 13.3. The summed E-state index contributed by atoms with van der Waals surface area (Å²) in [5.41, 5.74) is 0.201. The van der Waals surface area contributed by atoms with Gasteiger partial charge in [-0.2, -0.15) is 0 Å². The van der Waals surface area contributed by atoms with Crippen LogP contribution in [0.15, 0.2) is 24.3 Å². The van der Waals surface area contributed by atoms with Gasteiger partial charge in [-0.1, -0.05) is 37.5 Å². The maximum Gasteiger partial charge on any atom is 0.408 e. The molecule has 0 radical (unpaired) electrons. The molecule has 3 N–H and O–H groups in total. The molecule has 0 aliphatic rings. The zero-order valence-corrected chi connectivity index (χ0v) is 19.6. The van der Waals surface area contributed by atoms with Crippen LogP contribution >= 0.6 is 0 Å². The molecule has 32 heavy (non-hydrogen) atoms. The van der Waals surface area contributed by atoms with Crippen molar-refractivity contribution in [2.24, 2.45) is 0 Å². The number of carbonyl (C=O) groups excluding carboxylic acids is 3. The molecule has 1 aromatic rings. The molecule has 0 spiro atoms. The molecule has 0 aliphatic carbocycles. The number of nitrogens with one attached hydrogen (secondary N) is 2. The van der Waals surface area contributed by atoms with Crippen LogP contribution in [0.3, 0.4) is 0 Å². The fraction of sp³-hybridized carbons (Fsp3) is 0.542. The monoisotopic (exact) mass is 445 g/mol. The van der Waals surface area contributed by atoms with Crippen molar-refractivity contribution in [3.63, 3.8) is 0 Å². The van der Waals surface area contributed by atoms with E-state index in [1.165, 1.54) is 11.8 Å². The average molecular weight is 446 g/mol. The first-order chi connectivity index (χ1) is 15.1. The lowest BCUT2D eigenvalue weighted by atomic mass is 9.97. The third kappa shape index (κ3) is 8.23. The third-order valence-corrected chi connectivity index (χ3v) is 4.53. The number of nitrogens with zero attached hydrogens (tertiary/aromatic N) is 1. The van der Waals surface area contributed by atoms with E-state index in [-0.39, 0.29) is 13.2 Å². The number of amides is 3. The minimum Gasteiger partial charge on any atom is -0.444 e. The molecule has 0 heterocycles. The number of carbonyl (C=O) groups is 3. The average Bonchev–Trinajstić information content (AvgIpc) is 2.71. The Labute approximate surface area is 190 Å². The van der Waals surface area contributed by atoms with Crippen LogP contribution < -0.4 is 10.6 Å². The van der Waals surface area contributed by atoms with E-state index in [1.807, 2.05) is 6.92 Å². The van der Waals surface area contributed by atoms with Crippen LogP contribution in [0.5, 0.6) is 0 Å². The summed E-state index contributed by atoms with van der Waals surface area (Å²) in [4.78, 5) is 39.8. The second kappa shape index (κ2) is 12.7. The van der Waals surface area contributed by atoms with Crippen LogP contribution in [0, 0.1) is 12.3 Å². The van der Waals surface area contributed by atoms with E-state index >= 15 is 0 Å². The molecule has 0 fully saturated rings. The van der Waals surface area contributed by atoms with Crippen molar-refractivity contribution in [2.45, 2.75) is 65.1 Å². The Bertz CT molecular complexity index is 826. The molecule has 0 aliphatic heterocycles. The molecular weight excluding hydrogens is 410 g/mol. The van der Waals surface area contributed by atoms with Crippen molar-refractivity contribution in [3.05, 3.63) is 35.4 Å². The SMILES string of the molecule is C#Cc1ccccc1C(C(=O)NCCCC)N(CCO)C(=O)C(C)NC(=O)OC(C)(C)C. The summed E-state index contributed by atoms with van der Waals surface area (Å²) in [7, 11) is 0. The minimum absolute atomic E-state index is 0.121. The lowest BCUT2D eigenvalue weighted by molar-refractivity contribution is -0.142. The van der Waals surface area contributed by atoms with Crippen LogP contribution in [0.4, 0.5) is 4.79 Å². The van der Waals surface area contributed by atoms with Crippen molar-refractivity contribution < 1.29 is 24.2 Å². The van der Waals surface area contributed by atoms with Crippen LogP contribution in [0.2, 0.25) is 0 Å². The molecule has 0 saturated heterocycles. The molecule has 3 amide bonds. The Morgan fingerprint density at radius 2 is 1.91 bits per heavy atom. The van der Waals surface area contributed by atoms with Crippen LogP contribution in [0.1, 0.15) is 64.6 Å². The number of terminal acetylenes is 1. The number of hydrogen-bond acceptors (Lipinski definition) is 5. The largest absolute Gasteiger partial charge is 0.444 e. The van der Waals surface area contributed by atoms with Gasteiger partial charge in [0, 0.05) is 18.7 Å². The summed E-state index contributed by atoms with van der Waals surface area (Å²) in [6.45, 7) is 8.58. The number of hydrogen-bond donors (Lipinski definition) is 3. The highest BCUT2D eigenvalue weighted by atomic mass is 16.6. The van der Waals surface area contributed by atoms with Gasteiger partial charge in [-0.3, -0.25) is 9.59 Å². The first-order valence-corrected chi connectivity index (χ1v) is 10.8. The quantitative estimate of drug-likeness (QED) is 0.379. The van der Waals surface area contributed by atoms with E-state index in [4.69, 9.17) is 11.2 Å². The maximum atomic E-state index is 13.3. The molecule has 2 atom stereocenters. The first-order valence-electron chi connectivity index (χ1n) is 10.8. The summed E-state index contributed by atoms with van der Waals surface area (Å²) >= 11 is 0. The molecule has 0 saturated carbocycles. The number of aliphatic hydroxyl groups is 1. The van der Waals surface area contributed by atoms with Crippen molar-refractivity contribution in [2.75, 3.05) is 19.7 Å². The zero-order chi connectivity index (χ0) is 24.3. The lowest BCUT2D eigenvalue weighted by Gasteiger charge is -2.33. The van der Waals surface area contributed by atoms with Gasteiger partial charge in [0.15, 0.2) is 0 Å². The number of aliphatic hydroxyl groups excluding tert-OH is 1. The summed E-state index contributed by atoms with van der Waals surface area (Å²) in [6.07, 6.45) is 6.55. The van der Waals surface area contributed by atoms with E-state index in [9.17, 15) is 19.5 Å². The molecule has 1 rings (SSSR count). The summed E-state index contributed by atoms with van der Waals surface area (Å²) in [5.74, 6) is 1.59. The Morgan fingerprint density at radius 1 is 1.25 bits per heavy atom. The molecule has 0 aromatic heterocycles. The predicted molar refractivity (Wildman–Crippen MR) is 123 cm³/mol. The van der Waals surface area contributed by atoms with Crippen molar-refractivity contribution in [3.8, 4) is 12.3 Å². The van der Waals surface area contributed by atoms with E-state index in [0.717, 1.165) is 12.8 Å². The van der Waals surface area contributed by atoms with Gasteiger partial charge in [0.25, 0.3) is 0 Å². The summed E-state index contributed by atoms with van der Waals surface area (Å²) < 4.78 is 5.22. The Kier molecular flexibility index (Phi) is 10.7. The van der Waals surface area contributed by atoms with E-state index in [2.05, 4.69) is 16.6 Å². The van der Waals surface area contributed by atoms with E-state index in [1.54, 1.807) is 45.0 Å². The van der Waals surface area contributed by atoms with E-state index < -0.39 is 35.6 Å². The van der Waals surface area contributed by atoms with Crippen molar-refractivity contribution in [1.82, 2.24) is 15.5 Å². The highest BCUT2D eigenvalue weighted by Gasteiger charge is 2.35. The third-order valence-electron chi connectivity index (χ3n) is 4.53. The van der Waals surface area contributed by atoms with Gasteiger partial charge in [-0.25, -0.2) is 4.79 Å².